The number of aliphatic carboxylic acids is 1. The molecule has 2 aliphatic rings. The molecule has 188 valence electrons. The smallest absolute Gasteiger partial charge is 0.345 e. The van der Waals surface area contributed by atoms with Gasteiger partial charge in [0.2, 0.25) is 21.6 Å². The van der Waals surface area contributed by atoms with Crippen molar-refractivity contribution in [2.45, 2.75) is 61.4 Å². The molecule has 3 rings (SSSR count). The van der Waals surface area contributed by atoms with Gasteiger partial charge in [-0.05, 0) is 50.8 Å². The number of hydrogen-bond acceptors (Lipinski definition) is 9. The molecular weight excluding hydrogens is 464 g/mol. The molecule has 1 aromatic rings. The summed E-state index contributed by atoms with van der Waals surface area (Å²) in [7, 11) is -4.23. The highest BCUT2D eigenvalue weighted by Gasteiger charge is 2.45. The van der Waals surface area contributed by atoms with E-state index >= 15 is 0 Å². The predicted molar refractivity (Wildman–Crippen MR) is 124 cm³/mol. The van der Waals surface area contributed by atoms with Gasteiger partial charge in [-0.1, -0.05) is 24.6 Å². The minimum absolute atomic E-state index is 0.0954. The van der Waals surface area contributed by atoms with Gasteiger partial charge in [0, 0.05) is 12.8 Å². The van der Waals surface area contributed by atoms with Gasteiger partial charge in [0.05, 0.1) is 11.5 Å². The van der Waals surface area contributed by atoms with E-state index in [9.17, 15) is 23.1 Å². The fourth-order valence-electron chi connectivity index (χ4n) is 3.68. The molecule has 2 heterocycles. The predicted octanol–water partition coefficient (Wildman–Crippen LogP) is -0.347. The van der Waals surface area contributed by atoms with Crippen molar-refractivity contribution in [2.75, 3.05) is 19.7 Å². The lowest BCUT2D eigenvalue weighted by molar-refractivity contribution is -0.149. The first-order valence-electron chi connectivity index (χ1n) is 11.3. The largest absolute Gasteiger partial charge is 0.478 e. The van der Waals surface area contributed by atoms with Crippen molar-refractivity contribution in [1.82, 2.24) is 26.2 Å². The van der Waals surface area contributed by atoms with Gasteiger partial charge in [-0.2, -0.15) is 10.2 Å². The monoisotopic (exact) mass is 496 g/mol. The average molecular weight is 497 g/mol. The SMILES string of the molecule is O=C(NC(CCCCCNC1N=CCCN1)(NS(=O)(=O)c1ccccc1)C(=O)O)C1CCON1. The summed E-state index contributed by atoms with van der Waals surface area (Å²) < 4.78 is 28.2. The molecule has 1 saturated heterocycles. The molecule has 3 atom stereocenters. The Morgan fingerprint density at radius 1 is 1.21 bits per heavy atom. The maximum atomic E-state index is 13.0. The zero-order chi connectivity index (χ0) is 24.4. The second-order valence-corrected chi connectivity index (χ2v) is 9.85. The van der Waals surface area contributed by atoms with Crippen molar-refractivity contribution in [3.05, 3.63) is 30.3 Å². The third-order valence-electron chi connectivity index (χ3n) is 5.55. The van der Waals surface area contributed by atoms with Crippen molar-refractivity contribution >= 4 is 28.1 Å². The molecule has 1 amide bonds. The molecule has 34 heavy (non-hydrogen) atoms. The van der Waals surface area contributed by atoms with E-state index in [2.05, 4.69) is 31.1 Å². The fraction of sp³-hybridized carbons (Fsp3) is 0.571. The first-order chi connectivity index (χ1) is 16.3. The van der Waals surface area contributed by atoms with E-state index in [1.54, 1.807) is 6.07 Å². The van der Waals surface area contributed by atoms with Gasteiger partial charge in [-0.3, -0.25) is 20.4 Å². The number of carbonyl (C=O) groups excluding carboxylic acids is 1. The molecule has 1 fully saturated rings. The van der Waals surface area contributed by atoms with E-state index < -0.39 is 33.6 Å². The second kappa shape index (κ2) is 12.3. The van der Waals surface area contributed by atoms with Gasteiger partial charge in [-0.15, -0.1) is 0 Å². The first-order valence-corrected chi connectivity index (χ1v) is 12.8. The zero-order valence-corrected chi connectivity index (χ0v) is 19.6. The number of aliphatic imine (C=N–C) groups is 1. The number of carbonyl (C=O) groups is 2. The van der Waals surface area contributed by atoms with E-state index in [4.69, 9.17) is 4.84 Å². The highest BCUT2D eigenvalue weighted by Crippen LogP contribution is 2.19. The minimum Gasteiger partial charge on any atom is -0.478 e. The van der Waals surface area contributed by atoms with Gasteiger partial charge in [0.1, 0.15) is 6.04 Å². The highest BCUT2D eigenvalue weighted by molar-refractivity contribution is 7.89. The summed E-state index contributed by atoms with van der Waals surface area (Å²) in [4.78, 5) is 34.3. The number of benzene rings is 1. The highest BCUT2D eigenvalue weighted by atomic mass is 32.2. The maximum Gasteiger partial charge on any atom is 0.345 e. The Labute approximate surface area is 198 Å². The summed E-state index contributed by atoms with van der Waals surface area (Å²) in [5.74, 6) is -2.14. The first kappa shape index (κ1) is 26.2. The number of nitrogens with zero attached hydrogens (tertiary/aromatic N) is 1. The molecular formula is C21H32N6O6S. The molecule has 12 nitrogen and oxygen atoms in total. The molecule has 0 saturated carbocycles. The number of unbranched alkanes of at least 4 members (excludes halogenated alkanes) is 2. The molecule has 0 bridgehead atoms. The van der Waals surface area contributed by atoms with Crippen molar-refractivity contribution in [3.8, 4) is 0 Å². The molecule has 3 unspecified atom stereocenters. The number of sulfonamides is 1. The third-order valence-corrected chi connectivity index (χ3v) is 7.06. The normalized spacial score (nSPS) is 22.2. The lowest BCUT2D eigenvalue weighted by Crippen LogP contribution is -2.67. The van der Waals surface area contributed by atoms with Gasteiger partial charge in [0.15, 0.2) is 6.29 Å². The maximum absolute atomic E-state index is 13.0. The van der Waals surface area contributed by atoms with Crippen molar-refractivity contribution in [3.63, 3.8) is 0 Å². The van der Waals surface area contributed by atoms with Gasteiger partial charge >= 0.3 is 5.97 Å². The number of amides is 1. The summed E-state index contributed by atoms with van der Waals surface area (Å²) in [6.45, 7) is 1.80. The minimum atomic E-state index is -4.23. The Balaban J connectivity index is 1.66. The molecule has 0 radical (unpaired) electrons. The number of rotatable bonds is 13. The van der Waals surface area contributed by atoms with E-state index in [-0.39, 0.29) is 17.6 Å². The lowest BCUT2D eigenvalue weighted by Gasteiger charge is -2.32. The van der Waals surface area contributed by atoms with Crippen LogP contribution in [0.2, 0.25) is 0 Å². The van der Waals surface area contributed by atoms with Crippen LogP contribution in [0.4, 0.5) is 0 Å². The van der Waals surface area contributed by atoms with E-state index in [1.165, 1.54) is 24.3 Å². The summed E-state index contributed by atoms with van der Waals surface area (Å²) in [6.07, 6.45) is 4.53. The Morgan fingerprint density at radius 2 is 2.00 bits per heavy atom. The summed E-state index contributed by atoms with van der Waals surface area (Å²) in [5, 5.41) is 18.9. The topological polar surface area (TPSA) is 170 Å². The van der Waals surface area contributed by atoms with Gasteiger partial charge in [0.25, 0.3) is 0 Å². The second-order valence-electron chi connectivity index (χ2n) is 8.17. The van der Waals surface area contributed by atoms with Crippen LogP contribution in [0.15, 0.2) is 40.2 Å². The van der Waals surface area contributed by atoms with Crippen LogP contribution in [-0.4, -0.2) is 69.3 Å². The van der Waals surface area contributed by atoms with Gasteiger partial charge < -0.3 is 15.3 Å². The standard InChI is InChI=1S/C21H32N6O6S/c28-18(17-10-15-33-26-17)25-21(19(29)30,27-34(31,32)16-8-3-1-4-9-16)11-5-2-6-12-22-20-23-13-7-14-24-20/h1,3-4,8-9,13,17,20,22,24,26-27H,2,5-7,10-12,14-15H2,(H,25,28)(H,29,30). The van der Waals surface area contributed by atoms with E-state index in [0.717, 1.165) is 19.4 Å². The molecule has 1 aromatic carbocycles. The van der Waals surface area contributed by atoms with E-state index in [0.29, 0.717) is 32.4 Å². The summed E-state index contributed by atoms with van der Waals surface area (Å²) in [6, 6.07) is 6.67. The van der Waals surface area contributed by atoms with Crippen LogP contribution in [0.3, 0.4) is 0 Å². The molecule has 6 N–H and O–H groups in total. The number of carboxylic acid groups (broad SMARTS) is 1. The quantitative estimate of drug-likeness (QED) is 0.158. The van der Waals surface area contributed by atoms with Crippen LogP contribution in [0.1, 0.15) is 38.5 Å². The third kappa shape index (κ3) is 7.29. The Morgan fingerprint density at radius 3 is 2.65 bits per heavy atom. The summed E-state index contributed by atoms with van der Waals surface area (Å²) in [5.41, 5.74) is 0.310. The Kier molecular flexibility index (Phi) is 9.50. The molecule has 13 heteroatoms. The average Bonchev–Trinajstić information content (AvgIpc) is 3.37. The van der Waals surface area contributed by atoms with Crippen molar-refractivity contribution in [1.29, 1.82) is 0 Å². The van der Waals surface area contributed by atoms with Crippen LogP contribution >= 0.6 is 0 Å². The molecule has 0 aromatic heterocycles. The van der Waals surface area contributed by atoms with Gasteiger partial charge in [-0.25, -0.2) is 13.2 Å². The molecule has 0 spiro atoms. The summed E-state index contributed by atoms with van der Waals surface area (Å²) >= 11 is 0. The fourth-order valence-corrected chi connectivity index (χ4v) is 5.01. The molecule has 2 aliphatic heterocycles. The Bertz CT molecular complexity index is 954. The molecule has 0 aliphatic carbocycles. The van der Waals surface area contributed by atoms with Crippen molar-refractivity contribution < 1.29 is 28.0 Å². The van der Waals surface area contributed by atoms with Crippen LogP contribution in [-0.2, 0) is 24.4 Å². The van der Waals surface area contributed by atoms with Crippen LogP contribution < -0.4 is 26.2 Å². The number of hydroxylamine groups is 1. The van der Waals surface area contributed by atoms with E-state index in [1.807, 2.05) is 6.21 Å². The zero-order valence-electron chi connectivity index (χ0n) is 18.8. The number of nitrogens with one attached hydrogen (secondary N) is 5. The number of carboxylic acids is 1. The lowest BCUT2D eigenvalue weighted by atomic mass is 10.0. The Hall–Kier alpha value is -2.42. The van der Waals surface area contributed by atoms with Crippen LogP contribution in [0, 0.1) is 0 Å². The van der Waals surface area contributed by atoms with Crippen LogP contribution in [0.25, 0.3) is 0 Å². The number of hydrogen-bond donors (Lipinski definition) is 6. The van der Waals surface area contributed by atoms with Crippen LogP contribution in [0.5, 0.6) is 0 Å². The van der Waals surface area contributed by atoms with Crippen molar-refractivity contribution in [2.24, 2.45) is 4.99 Å².